The van der Waals surface area contributed by atoms with Gasteiger partial charge in [0.25, 0.3) is 5.91 Å². The molecule has 0 aliphatic heterocycles. The molecule has 2 aromatic rings. The number of aliphatic hydroxyl groups is 1. The topological polar surface area (TPSA) is 98.7 Å². The van der Waals surface area contributed by atoms with Crippen LogP contribution in [0.15, 0.2) is 42.5 Å². The van der Waals surface area contributed by atoms with Crippen LogP contribution in [-0.4, -0.2) is 47.7 Å². The molecule has 8 heteroatoms. The third-order valence-corrected chi connectivity index (χ3v) is 7.52. The van der Waals surface area contributed by atoms with Gasteiger partial charge in [0.15, 0.2) is 0 Å². The number of carboxylic acids is 1. The minimum Gasteiger partial charge on any atom is -0.548 e. The Hall–Kier alpha value is -1.75. The van der Waals surface area contributed by atoms with Gasteiger partial charge in [0.2, 0.25) is 0 Å². The number of thioether (sulfide) groups is 1. The number of ether oxygens (including phenoxy) is 1. The van der Waals surface area contributed by atoms with Gasteiger partial charge < -0.3 is 25.1 Å². The van der Waals surface area contributed by atoms with Gasteiger partial charge in [0.1, 0.15) is 0 Å². The first-order chi connectivity index (χ1) is 17.4. The predicted octanol–water partition coefficient (Wildman–Crippen LogP) is 1.12. The zero-order chi connectivity index (χ0) is 25.9. The van der Waals surface area contributed by atoms with Crippen molar-refractivity contribution in [2.45, 2.75) is 70.6 Å². The van der Waals surface area contributed by atoms with Crippen molar-refractivity contribution in [1.82, 2.24) is 5.32 Å². The smallest absolute Gasteiger partial charge is 0.548 e. The number of hydrogen-bond acceptors (Lipinski definition) is 6. The summed E-state index contributed by atoms with van der Waals surface area (Å²) in [7, 11) is 0. The molecule has 1 aliphatic rings. The second kappa shape index (κ2) is 16.3. The van der Waals surface area contributed by atoms with Crippen LogP contribution < -0.4 is 29.3 Å². The molecule has 2 aromatic carbocycles. The number of amides is 1. The van der Waals surface area contributed by atoms with E-state index in [1.165, 1.54) is 43.9 Å². The maximum atomic E-state index is 13.2. The van der Waals surface area contributed by atoms with Gasteiger partial charge in [0.05, 0.1) is 31.3 Å². The molecular weight excluding hydrogens is 481 g/mol. The molecule has 196 valence electrons. The van der Waals surface area contributed by atoms with Crippen molar-refractivity contribution in [3.63, 3.8) is 0 Å². The number of benzene rings is 2. The molecule has 37 heavy (non-hydrogen) atoms. The van der Waals surface area contributed by atoms with Gasteiger partial charge in [-0.25, -0.2) is 0 Å². The summed E-state index contributed by atoms with van der Waals surface area (Å²) in [6.45, 7) is 2.57. The normalized spacial score (nSPS) is 15.4. The predicted molar refractivity (Wildman–Crippen MR) is 143 cm³/mol. The third-order valence-electron chi connectivity index (χ3n) is 6.87. The van der Waals surface area contributed by atoms with Crippen LogP contribution >= 0.6 is 11.8 Å². The van der Waals surface area contributed by atoms with Gasteiger partial charge in [-0.2, -0.15) is 11.8 Å². The Labute approximate surface area is 237 Å². The summed E-state index contributed by atoms with van der Waals surface area (Å²) in [4.78, 5) is 24.7. The van der Waals surface area contributed by atoms with E-state index in [1.54, 1.807) is 6.07 Å². The van der Waals surface area contributed by atoms with Gasteiger partial charge in [-0.3, -0.25) is 4.79 Å². The van der Waals surface area contributed by atoms with Crippen molar-refractivity contribution < 1.29 is 43.4 Å². The molecule has 0 radical (unpaired) electrons. The summed E-state index contributed by atoms with van der Waals surface area (Å²) in [5, 5.41) is 24.6. The fourth-order valence-corrected chi connectivity index (χ4v) is 5.36. The zero-order valence-electron chi connectivity index (χ0n) is 22.3. The molecule has 3 rings (SSSR count). The molecule has 2 atom stereocenters. The molecular formula is C29H38LiNO5S. The van der Waals surface area contributed by atoms with Crippen LogP contribution in [0.5, 0.6) is 0 Å². The summed E-state index contributed by atoms with van der Waals surface area (Å²) in [5.41, 5.74) is 3.91. The summed E-state index contributed by atoms with van der Waals surface area (Å²) in [6.07, 6.45) is 8.67. The van der Waals surface area contributed by atoms with Crippen molar-refractivity contribution in [3.05, 3.63) is 59.2 Å². The molecule has 0 bridgehead atoms. The molecule has 2 N–H and O–H groups in total. The number of carboxylic acid groups (broad SMARTS) is 1. The van der Waals surface area contributed by atoms with Crippen molar-refractivity contribution in [3.8, 4) is 11.1 Å². The van der Waals surface area contributed by atoms with E-state index < -0.39 is 24.0 Å². The Balaban J connectivity index is 0.00000481. The monoisotopic (exact) mass is 519 g/mol. The summed E-state index contributed by atoms with van der Waals surface area (Å²) in [6, 6.07) is 12.2. The van der Waals surface area contributed by atoms with E-state index in [4.69, 9.17) is 4.74 Å². The standard InChI is InChI=1S/C29H39NO5S.Li/c1-20-8-6-7-11-24(20)26-17-22(18-35-19-23(31)16-21-9-4-3-5-10-21)12-13-25(26)28(32)30-27(29(33)34)14-15-36-2;/h6-8,11-13,17,21,23,27,31H,3-5,9-10,14-16,18-19H2,1-2H3,(H,30,32)(H,33,34);/q;+1/p-1/t23?,27-;/m0./s1. The molecule has 6 nitrogen and oxygen atoms in total. The third kappa shape index (κ3) is 9.81. The molecule has 1 aliphatic carbocycles. The summed E-state index contributed by atoms with van der Waals surface area (Å²) in [5.74, 6) is -0.541. The fraction of sp³-hybridized carbons (Fsp3) is 0.517. The van der Waals surface area contributed by atoms with E-state index in [-0.39, 0.29) is 25.5 Å². The average Bonchev–Trinajstić information content (AvgIpc) is 2.87. The second-order valence-electron chi connectivity index (χ2n) is 9.73. The fourth-order valence-electron chi connectivity index (χ4n) is 4.89. The van der Waals surface area contributed by atoms with Gasteiger partial charge in [-0.05, 0) is 72.1 Å². The number of carbonyl (C=O) groups is 2. The van der Waals surface area contributed by atoms with Gasteiger partial charge >= 0.3 is 18.9 Å². The first kappa shape index (κ1) is 31.5. The van der Waals surface area contributed by atoms with Crippen LogP contribution in [0.3, 0.4) is 0 Å². The zero-order valence-corrected chi connectivity index (χ0v) is 23.1. The number of rotatable bonds is 13. The van der Waals surface area contributed by atoms with Crippen molar-refractivity contribution >= 4 is 23.6 Å². The van der Waals surface area contributed by atoms with E-state index in [9.17, 15) is 19.8 Å². The van der Waals surface area contributed by atoms with Crippen LogP contribution in [0.1, 0.15) is 66.4 Å². The van der Waals surface area contributed by atoms with Gasteiger partial charge in [0, 0.05) is 5.56 Å². The first-order valence-electron chi connectivity index (χ1n) is 12.8. The van der Waals surface area contributed by atoms with Crippen LogP contribution in [0.25, 0.3) is 11.1 Å². The van der Waals surface area contributed by atoms with E-state index in [1.807, 2.05) is 49.6 Å². The molecule has 1 amide bonds. The number of aliphatic hydroxyl groups excluding tert-OH is 1. The number of hydrogen-bond donors (Lipinski definition) is 2. The Kier molecular flexibility index (Phi) is 13.8. The molecule has 0 spiro atoms. The van der Waals surface area contributed by atoms with E-state index >= 15 is 0 Å². The number of aryl methyl sites for hydroxylation is 1. The number of carbonyl (C=O) groups excluding carboxylic acids is 2. The molecule has 0 heterocycles. The van der Waals surface area contributed by atoms with Crippen LogP contribution in [0.2, 0.25) is 0 Å². The van der Waals surface area contributed by atoms with Crippen molar-refractivity contribution in [1.29, 1.82) is 0 Å². The van der Waals surface area contributed by atoms with Crippen molar-refractivity contribution in [2.24, 2.45) is 5.92 Å². The summed E-state index contributed by atoms with van der Waals surface area (Å²) < 4.78 is 5.85. The second-order valence-corrected chi connectivity index (χ2v) is 10.7. The summed E-state index contributed by atoms with van der Waals surface area (Å²) >= 11 is 1.52. The Morgan fingerprint density at radius 3 is 2.54 bits per heavy atom. The SMILES string of the molecule is CSCC[C@H](NC(=O)c1ccc(COCC(O)CC2CCCCC2)cc1-c1ccccc1C)C(=O)[O-].[Li+]. The maximum Gasteiger partial charge on any atom is 1.00 e. The van der Waals surface area contributed by atoms with Crippen LogP contribution in [-0.2, 0) is 16.1 Å². The average molecular weight is 520 g/mol. The molecule has 0 saturated heterocycles. The van der Waals surface area contributed by atoms with E-state index in [0.717, 1.165) is 28.7 Å². The van der Waals surface area contributed by atoms with E-state index in [2.05, 4.69) is 5.32 Å². The molecule has 1 fully saturated rings. The Morgan fingerprint density at radius 1 is 1.14 bits per heavy atom. The first-order valence-corrected chi connectivity index (χ1v) is 14.2. The van der Waals surface area contributed by atoms with Crippen molar-refractivity contribution in [2.75, 3.05) is 18.6 Å². The number of aliphatic carboxylic acids is 1. The number of nitrogens with one attached hydrogen (secondary N) is 1. The van der Waals surface area contributed by atoms with Gasteiger partial charge in [-0.15, -0.1) is 0 Å². The molecule has 0 aromatic heterocycles. The quantitative estimate of drug-likeness (QED) is 0.385. The minimum absolute atomic E-state index is 0. The minimum atomic E-state index is -1.29. The largest absolute Gasteiger partial charge is 1.00 e. The Bertz CT molecular complexity index is 1010. The maximum absolute atomic E-state index is 13.2. The van der Waals surface area contributed by atoms with Crippen LogP contribution in [0.4, 0.5) is 0 Å². The van der Waals surface area contributed by atoms with Crippen LogP contribution in [0, 0.1) is 12.8 Å². The Morgan fingerprint density at radius 2 is 1.86 bits per heavy atom. The molecule has 1 saturated carbocycles. The van der Waals surface area contributed by atoms with Gasteiger partial charge in [-0.1, -0.05) is 62.4 Å². The molecule has 1 unspecified atom stereocenters. The van der Waals surface area contributed by atoms with E-state index in [0.29, 0.717) is 30.3 Å².